The van der Waals surface area contributed by atoms with E-state index in [9.17, 15) is 4.79 Å². The molecule has 1 aromatic rings. The first kappa shape index (κ1) is 12.5. The highest BCUT2D eigenvalue weighted by atomic mass is 32.2. The average Bonchev–Trinajstić information content (AvgIpc) is 2.76. The van der Waals surface area contributed by atoms with Crippen molar-refractivity contribution in [2.24, 2.45) is 5.92 Å². The molecule has 1 aliphatic heterocycles. The van der Waals surface area contributed by atoms with Gasteiger partial charge in [-0.1, -0.05) is 12.1 Å². The van der Waals surface area contributed by atoms with Gasteiger partial charge in [0.15, 0.2) is 0 Å². The number of amides is 1. The first-order valence-corrected chi connectivity index (χ1v) is 7.12. The molecule has 1 aliphatic rings. The molecule has 0 bridgehead atoms. The summed E-state index contributed by atoms with van der Waals surface area (Å²) in [6.07, 6.45) is 2.94. The Hall–Kier alpha value is -1.00. The smallest absolute Gasteiger partial charge is 0.229 e. The Morgan fingerprint density at radius 1 is 1.47 bits per heavy atom. The highest BCUT2D eigenvalue weighted by Crippen LogP contribution is 2.26. The van der Waals surface area contributed by atoms with Crippen molar-refractivity contribution in [1.82, 2.24) is 5.32 Å². The molecule has 0 aromatic heterocycles. The molecule has 0 radical (unpaired) electrons. The lowest BCUT2D eigenvalue weighted by Gasteiger charge is -2.16. The SMILES string of the molecule is CSc1ccccc1NC(=O)C1CCNC1C. The van der Waals surface area contributed by atoms with Crippen LogP contribution in [-0.4, -0.2) is 24.7 Å². The Balaban J connectivity index is 2.07. The van der Waals surface area contributed by atoms with Gasteiger partial charge in [0.2, 0.25) is 5.91 Å². The van der Waals surface area contributed by atoms with Gasteiger partial charge in [0.25, 0.3) is 0 Å². The summed E-state index contributed by atoms with van der Waals surface area (Å²) in [6, 6.07) is 8.19. The lowest BCUT2D eigenvalue weighted by Crippen LogP contribution is -2.32. The van der Waals surface area contributed by atoms with E-state index in [1.54, 1.807) is 11.8 Å². The summed E-state index contributed by atoms with van der Waals surface area (Å²) < 4.78 is 0. The molecule has 4 heteroatoms. The third-order valence-corrected chi connectivity index (χ3v) is 4.02. The third kappa shape index (κ3) is 2.82. The Labute approximate surface area is 106 Å². The summed E-state index contributed by atoms with van der Waals surface area (Å²) in [5.74, 6) is 0.217. The van der Waals surface area contributed by atoms with Crippen molar-refractivity contribution in [2.45, 2.75) is 24.3 Å². The van der Waals surface area contributed by atoms with Gasteiger partial charge in [0.05, 0.1) is 11.6 Å². The Morgan fingerprint density at radius 2 is 2.24 bits per heavy atom. The maximum absolute atomic E-state index is 12.1. The van der Waals surface area contributed by atoms with Crippen LogP contribution in [0.15, 0.2) is 29.2 Å². The number of benzene rings is 1. The summed E-state index contributed by atoms with van der Waals surface area (Å²) in [5, 5.41) is 6.33. The largest absolute Gasteiger partial charge is 0.325 e. The standard InChI is InChI=1S/C13H18N2OS/c1-9-10(7-8-14-9)13(16)15-11-5-3-4-6-12(11)17-2/h3-6,9-10,14H,7-8H2,1-2H3,(H,15,16). The number of hydrogen-bond donors (Lipinski definition) is 2. The number of thioether (sulfide) groups is 1. The molecule has 0 aliphatic carbocycles. The molecule has 92 valence electrons. The van der Waals surface area contributed by atoms with Crippen molar-refractivity contribution in [3.63, 3.8) is 0 Å². The molecular weight excluding hydrogens is 232 g/mol. The number of para-hydroxylation sites is 1. The molecule has 3 nitrogen and oxygen atoms in total. The van der Waals surface area contributed by atoms with Gasteiger partial charge in [-0.25, -0.2) is 0 Å². The third-order valence-electron chi connectivity index (χ3n) is 3.23. The van der Waals surface area contributed by atoms with E-state index in [0.29, 0.717) is 0 Å². The van der Waals surface area contributed by atoms with E-state index in [0.717, 1.165) is 23.5 Å². The molecule has 2 atom stereocenters. The lowest BCUT2D eigenvalue weighted by molar-refractivity contribution is -0.120. The predicted octanol–water partition coefficient (Wildman–Crippen LogP) is 2.34. The molecule has 2 N–H and O–H groups in total. The fourth-order valence-corrected chi connectivity index (χ4v) is 2.74. The summed E-state index contributed by atoms with van der Waals surface area (Å²) in [6.45, 7) is 3.00. The van der Waals surface area contributed by atoms with Gasteiger partial charge >= 0.3 is 0 Å². The van der Waals surface area contributed by atoms with Crippen LogP contribution in [-0.2, 0) is 4.79 Å². The first-order chi connectivity index (χ1) is 8.22. The molecule has 0 saturated carbocycles. The number of hydrogen-bond acceptors (Lipinski definition) is 3. The monoisotopic (exact) mass is 250 g/mol. The van der Waals surface area contributed by atoms with Crippen LogP contribution >= 0.6 is 11.8 Å². The van der Waals surface area contributed by atoms with Crippen LogP contribution in [0.25, 0.3) is 0 Å². The summed E-state index contributed by atoms with van der Waals surface area (Å²) in [5.41, 5.74) is 0.920. The first-order valence-electron chi connectivity index (χ1n) is 5.89. The second kappa shape index (κ2) is 5.56. The van der Waals surface area contributed by atoms with Gasteiger partial charge in [0, 0.05) is 10.9 Å². The second-order valence-corrected chi connectivity index (χ2v) is 5.18. The van der Waals surface area contributed by atoms with Crippen LogP contribution in [0.2, 0.25) is 0 Å². The van der Waals surface area contributed by atoms with Crippen LogP contribution in [0.1, 0.15) is 13.3 Å². The van der Waals surface area contributed by atoms with Crippen LogP contribution in [0.4, 0.5) is 5.69 Å². The van der Waals surface area contributed by atoms with E-state index >= 15 is 0 Å². The van der Waals surface area contributed by atoms with Crippen molar-refractivity contribution in [3.8, 4) is 0 Å². The zero-order chi connectivity index (χ0) is 12.3. The fraction of sp³-hybridized carbons (Fsp3) is 0.462. The van der Waals surface area contributed by atoms with Crippen molar-refractivity contribution in [1.29, 1.82) is 0 Å². The molecule has 2 unspecified atom stereocenters. The molecule has 1 fully saturated rings. The fourth-order valence-electron chi connectivity index (χ4n) is 2.19. The van der Waals surface area contributed by atoms with E-state index in [1.165, 1.54) is 0 Å². The highest BCUT2D eigenvalue weighted by Gasteiger charge is 2.29. The van der Waals surface area contributed by atoms with Gasteiger partial charge in [-0.2, -0.15) is 0 Å². The van der Waals surface area contributed by atoms with Crippen LogP contribution in [0, 0.1) is 5.92 Å². The average molecular weight is 250 g/mol. The molecule has 2 rings (SSSR count). The Morgan fingerprint density at radius 3 is 2.88 bits per heavy atom. The van der Waals surface area contributed by atoms with Gasteiger partial charge in [-0.15, -0.1) is 11.8 Å². The normalized spacial score (nSPS) is 23.6. The molecular formula is C13H18N2OS. The summed E-state index contributed by atoms with van der Waals surface area (Å²) in [7, 11) is 0. The maximum Gasteiger partial charge on any atom is 0.229 e. The molecule has 0 spiro atoms. The van der Waals surface area contributed by atoms with Crippen LogP contribution < -0.4 is 10.6 Å². The number of nitrogens with one attached hydrogen (secondary N) is 2. The van der Waals surface area contributed by atoms with Crippen molar-refractivity contribution >= 4 is 23.4 Å². The van der Waals surface area contributed by atoms with Gasteiger partial charge in [-0.3, -0.25) is 4.79 Å². The lowest BCUT2D eigenvalue weighted by atomic mass is 10.0. The van der Waals surface area contributed by atoms with Crippen molar-refractivity contribution in [3.05, 3.63) is 24.3 Å². The predicted molar refractivity (Wildman–Crippen MR) is 72.4 cm³/mol. The topological polar surface area (TPSA) is 41.1 Å². The minimum Gasteiger partial charge on any atom is -0.325 e. The van der Waals surface area contributed by atoms with E-state index in [2.05, 4.69) is 17.6 Å². The molecule has 1 aromatic carbocycles. The molecule has 17 heavy (non-hydrogen) atoms. The summed E-state index contributed by atoms with van der Waals surface area (Å²) in [4.78, 5) is 13.2. The van der Waals surface area contributed by atoms with Crippen molar-refractivity contribution < 1.29 is 4.79 Å². The van der Waals surface area contributed by atoms with E-state index in [-0.39, 0.29) is 17.9 Å². The number of carbonyl (C=O) groups excluding carboxylic acids is 1. The number of rotatable bonds is 3. The Kier molecular flexibility index (Phi) is 4.07. The number of carbonyl (C=O) groups is 1. The van der Waals surface area contributed by atoms with Crippen LogP contribution in [0.3, 0.4) is 0 Å². The van der Waals surface area contributed by atoms with Gasteiger partial charge in [0.1, 0.15) is 0 Å². The van der Waals surface area contributed by atoms with E-state index < -0.39 is 0 Å². The van der Waals surface area contributed by atoms with E-state index in [4.69, 9.17) is 0 Å². The van der Waals surface area contributed by atoms with Crippen molar-refractivity contribution in [2.75, 3.05) is 18.1 Å². The van der Waals surface area contributed by atoms with Gasteiger partial charge in [-0.05, 0) is 38.3 Å². The zero-order valence-corrected chi connectivity index (χ0v) is 11.0. The minimum atomic E-state index is 0.0879. The molecule has 1 saturated heterocycles. The zero-order valence-electron chi connectivity index (χ0n) is 10.2. The molecule has 1 amide bonds. The minimum absolute atomic E-state index is 0.0879. The maximum atomic E-state index is 12.1. The highest BCUT2D eigenvalue weighted by molar-refractivity contribution is 7.98. The summed E-state index contributed by atoms with van der Waals surface area (Å²) >= 11 is 1.65. The number of anilines is 1. The molecule has 1 heterocycles. The van der Waals surface area contributed by atoms with Crippen LogP contribution in [0.5, 0.6) is 0 Å². The quantitative estimate of drug-likeness (QED) is 0.809. The van der Waals surface area contributed by atoms with Gasteiger partial charge < -0.3 is 10.6 Å². The second-order valence-electron chi connectivity index (χ2n) is 4.33. The Bertz CT molecular complexity index is 408. The van der Waals surface area contributed by atoms with E-state index in [1.807, 2.05) is 30.5 Å².